The zero-order valence-corrected chi connectivity index (χ0v) is 53.0. The van der Waals surface area contributed by atoms with Gasteiger partial charge < -0.3 is 111 Å². The van der Waals surface area contributed by atoms with Crippen molar-refractivity contribution in [2.75, 3.05) is 26.3 Å². The van der Waals surface area contributed by atoms with E-state index in [4.69, 9.17) is 17.2 Å². The predicted octanol–water partition coefficient (Wildman–Crippen LogP) is -7.63. The first-order valence-corrected chi connectivity index (χ1v) is 30.2. The number of nitrogens with two attached hydrogens (primary N) is 3. The van der Waals surface area contributed by atoms with E-state index in [-0.39, 0.29) is 69.9 Å². The number of hydrogen-bond donors (Lipinski definition) is 20. The number of amides is 12. The highest BCUT2D eigenvalue weighted by molar-refractivity contribution is 6.00. The average molecular weight is 1300 g/mol. The van der Waals surface area contributed by atoms with Crippen molar-refractivity contribution in [1.82, 2.24) is 58.1 Å². The molecule has 15 atom stereocenters. The normalized spacial score (nSPS) is 17.7. The fourth-order valence-corrected chi connectivity index (χ4v) is 9.30. The summed E-state index contributed by atoms with van der Waals surface area (Å²) in [5.41, 5.74) is 16.6. The minimum absolute atomic E-state index is 0.00768. The van der Waals surface area contributed by atoms with Gasteiger partial charge in [-0.1, -0.05) is 41.5 Å². The SMILES string of the molecule is CC(C)C[C@H](NC(=O)C(NC(=O)[C@@H](NC(=O)[C@H](CC(C)C)NC(=O)[C@@H]1CCCN1C(=O)[C@@H](NC(=O)C(CCC(N)=O)NC(=O)[C@H](CO)NC(=O)[C@H](CCCCN)NC(=O)[C@H](CCC(=O)O)NC(=O)[C@H](CO)NC(=O)[C@@H](N)[C@@H](C)O)[C@@H](C)O)C(C)C)[C@@H](C)O)C(=O)O. The second kappa shape index (κ2) is 40.2. The third-order valence-electron chi connectivity index (χ3n) is 14.5. The second-order valence-electron chi connectivity index (χ2n) is 23.8. The van der Waals surface area contributed by atoms with Gasteiger partial charge in [0.1, 0.15) is 72.5 Å². The van der Waals surface area contributed by atoms with E-state index in [9.17, 15) is 103 Å². The first-order valence-electron chi connectivity index (χ1n) is 30.2. The fraction of sp³-hybridized carbons (Fsp3) is 0.750. The van der Waals surface area contributed by atoms with Crippen molar-refractivity contribution in [2.24, 2.45) is 35.0 Å². The van der Waals surface area contributed by atoms with Gasteiger partial charge in [0.2, 0.25) is 70.9 Å². The lowest BCUT2D eigenvalue weighted by molar-refractivity contribution is -0.145. The number of carboxylic acid groups (broad SMARTS) is 2. The van der Waals surface area contributed by atoms with E-state index in [1.54, 1.807) is 41.5 Å². The van der Waals surface area contributed by atoms with Crippen molar-refractivity contribution >= 4 is 82.8 Å². The zero-order chi connectivity index (χ0) is 69.7. The summed E-state index contributed by atoms with van der Waals surface area (Å²) < 4.78 is 0. The van der Waals surface area contributed by atoms with Crippen LogP contribution in [-0.2, 0) is 67.1 Å². The van der Waals surface area contributed by atoms with Gasteiger partial charge in [-0.05, 0) is 103 Å². The van der Waals surface area contributed by atoms with Crippen molar-refractivity contribution in [2.45, 2.75) is 224 Å². The van der Waals surface area contributed by atoms with Crippen LogP contribution in [0.4, 0.5) is 0 Å². The van der Waals surface area contributed by atoms with Crippen LogP contribution in [0.25, 0.3) is 0 Å². The van der Waals surface area contributed by atoms with Gasteiger partial charge in [-0.15, -0.1) is 0 Å². The van der Waals surface area contributed by atoms with Crippen LogP contribution >= 0.6 is 0 Å². The lowest BCUT2D eigenvalue weighted by Gasteiger charge is -2.32. The van der Waals surface area contributed by atoms with Crippen LogP contribution in [0.3, 0.4) is 0 Å². The Morgan fingerprint density at radius 2 is 0.879 bits per heavy atom. The minimum Gasteiger partial charge on any atom is -0.481 e. The Kier molecular flexibility index (Phi) is 35.9. The van der Waals surface area contributed by atoms with Crippen molar-refractivity contribution in [3.63, 3.8) is 0 Å². The fourth-order valence-electron chi connectivity index (χ4n) is 9.30. The molecule has 2 unspecified atom stereocenters. The van der Waals surface area contributed by atoms with Crippen LogP contribution in [-0.4, -0.2) is 241 Å². The van der Waals surface area contributed by atoms with Crippen molar-refractivity contribution in [3.05, 3.63) is 0 Å². The zero-order valence-electron chi connectivity index (χ0n) is 53.0. The number of carbonyl (C=O) groups is 14. The van der Waals surface area contributed by atoms with Gasteiger partial charge >= 0.3 is 11.9 Å². The third-order valence-corrected chi connectivity index (χ3v) is 14.5. The van der Waals surface area contributed by atoms with Gasteiger partial charge in [-0.25, -0.2) is 4.79 Å². The number of carboxylic acids is 2. The van der Waals surface area contributed by atoms with E-state index in [0.717, 1.165) is 11.8 Å². The van der Waals surface area contributed by atoms with Gasteiger partial charge in [0.15, 0.2) is 0 Å². The summed E-state index contributed by atoms with van der Waals surface area (Å²) in [7, 11) is 0. The quantitative estimate of drug-likeness (QED) is 0.0252. The van der Waals surface area contributed by atoms with E-state index in [1.165, 1.54) is 13.8 Å². The second-order valence-corrected chi connectivity index (χ2v) is 23.8. The molecule has 0 saturated carbocycles. The molecule has 1 aliphatic heterocycles. The van der Waals surface area contributed by atoms with E-state index in [0.29, 0.717) is 0 Å². The van der Waals surface area contributed by atoms with Crippen molar-refractivity contribution in [1.29, 1.82) is 0 Å². The van der Waals surface area contributed by atoms with Crippen molar-refractivity contribution < 1.29 is 103 Å². The van der Waals surface area contributed by atoms with Crippen LogP contribution in [0, 0.1) is 17.8 Å². The monoisotopic (exact) mass is 1300 g/mol. The molecule has 1 saturated heterocycles. The number of hydrogen-bond acceptors (Lipinski definition) is 21. The summed E-state index contributed by atoms with van der Waals surface area (Å²) in [4.78, 5) is 187. The number of aliphatic hydroxyl groups excluding tert-OH is 5. The van der Waals surface area contributed by atoms with E-state index in [1.807, 2.05) is 0 Å². The summed E-state index contributed by atoms with van der Waals surface area (Å²) in [6.45, 7) is 11.4. The molecule has 1 aliphatic rings. The molecule has 0 aliphatic carbocycles. The molecule has 518 valence electrons. The van der Waals surface area contributed by atoms with Gasteiger partial charge in [0.05, 0.1) is 31.5 Å². The molecular formula is C56H98N14O21. The number of primary amides is 1. The molecule has 1 rings (SSSR count). The highest BCUT2D eigenvalue weighted by Gasteiger charge is 2.43. The molecule has 12 amide bonds. The molecule has 0 bridgehead atoms. The van der Waals surface area contributed by atoms with Gasteiger partial charge in [-0.2, -0.15) is 0 Å². The van der Waals surface area contributed by atoms with Crippen LogP contribution in [0.15, 0.2) is 0 Å². The molecule has 23 N–H and O–H groups in total. The molecular weight excluding hydrogens is 1200 g/mol. The van der Waals surface area contributed by atoms with Gasteiger partial charge in [0.25, 0.3) is 0 Å². The number of nitrogens with zero attached hydrogens (tertiary/aromatic N) is 1. The van der Waals surface area contributed by atoms with Crippen LogP contribution < -0.4 is 70.4 Å². The molecule has 0 aromatic rings. The molecule has 35 nitrogen and oxygen atoms in total. The highest BCUT2D eigenvalue weighted by atomic mass is 16.4. The Balaban J connectivity index is 3.46. The van der Waals surface area contributed by atoms with Crippen LogP contribution in [0.1, 0.15) is 133 Å². The summed E-state index contributed by atoms with van der Waals surface area (Å²) in [5, 5.41) is 93.9. The molecule has 35 heteroatoms. The Morgan fingerprint density at radius 3 is 1.32 bits per heavy atom. The van der Waals surface area contributed by atoms with E-state index in [2.05, 4.69) is 53.2 Å². The number of unbranched alkanes of at least 4 members (excludes halogenated alkanes) is 1. The summed E-state index contributed by atoms with van der Waals surface area (Å²) in [6.07, 6.45) is -6.59. The highest BCUT2D eigenvalue weighted by Crippen LogP contribution is 2.21. The number of likely N-dealkylation sites (tertiary alicyclic amines) is 1. The summed E-state index contributed by atoms with van der Waals surface area (Å²) in [5.74, 6) is -16.5. The minimum atomic E-state index is -1.93. The van der Waals surface area contributed by atoms with Crippen LogP contribution in [0.2, 0.25) is 0 Å². The van der Waals surface area contributed by atoms with Gasteiger partial charge in [-0.3, -0.25) is 62.3 Å². The van der Waals surface area contributed by atoms with Crippen molar-refractivity contribution in [3.8, 4) is 0 Å². The maximum absolute atomic E-state index is 14.4. The summed E-state index contributed by atoms with van der Waals surface area (Å²) in [6, 6.07) is -19.3. The van der Waals surface area contributed by atoms with Gasteiger partial charge in [0, 0.05) is 19.4 Å². The average Bonchev–Trinajstić information content (AvgIpc) is 2.84. The predicted molar refractivity (Wildman–Crippen MR) is 321 cm³/mol. The smallest absolute Gasteiger partial charge is 0.326 e. The largest absolute Gasteiger partial charge is 0.481 e. The summed E-state index contributed by atoms with van der Waals surface area (Å²) >= 11 is 0. The molecule has 0 spiro atoms. The molecule has 0 aromatic heterocycles. The molecule has 1 fully saturated rings. The first-order chi connectivity index (χ1) is 42.4. The van der Waals surface area contributed by atoms with Crippen LogP contribution in [0.5, 0.6) is 0 Å². The van der Waals surface area contributed by atoms with E-state index < -0.39 is 218 Å². The Bertz CT molecular complexity index is 2500. The lowest BCUT2D eigenvalue weighted by Crippen LogP contribution is -2.62. The Morgan fingerprint density at radius 1 is 0.473 bits per heavy atom. The van der Waals surface area contributed by atoms with E-state index >= 15 is 0 Å². The standard InChI is InChI=1S/C56H98N14O21/c1-25(2)21-34(48(82)67-42(27(5)6)53(87)68-43(29(8)74)54(88)64-35(56(90)91)22-26(3)4)63-51(85)38-14-12-20-70(38)55(89)44(30(9)75)69-47(81)32(15-17-39(58)76)61-49(83)36(23-71)65-45(79)31(13-10-11-19-57)60-46(80)33(16-18-40(77)78)62-50(84)37(24-72)66-52(86)41(59)28(7)73/h25-38,41-44,71-75H,10-24,57,59H2,1-9H3,(H2,58,76)(H,60,80)(H,61,83)(H,62,84)(H,63,85)(H,64,88)(H,65,79)(H,66,86)(H,67,82)(H,68,87)(H,69,81)(H,77,78)(H,90,91)/t28-,29-,30-,31+,32?,33+,34+,35+,36+,37+,38+,41+,42+,43?,44+/m1/s1. The number of rotatable bonds is 42. The Hall–Kier alpha value is -7.70. The number of aliphatic hydroxyl groups is 5. The lowest BCUT2D eigenvalue weighted by atomic mass is 9.98. The first kappa shape index (κ1) is 81.3. The number of nitrogens with one attached hydrogen (secondary N) is 10. The Labute approximate surface area is 527 Å². The maximum Gasteiger partial charge on any atom is 0.326 e. The number of carbonyl (C=O) groups excluding carboxylic acids is 12. The molecule has 1 heterocycles. The third kappa shape index (κ3) is 28.2. The maximum atomic E-state index is 14.4. The number of aliphatic carboxylic acids is 2. The molecule has 0 aromatic carbocycles. The molecule has 91 heavy (non-hydrogen) atoms. The molecule has 0 radical (unpaired) electrons. The topological polar surface area (TPSA) is 582 Å².